The Morgan fingerprint density at radius 2 is 1.70 bits per heavy atom. The van der Waals surface area contributed by atoms with Gasteiger partial charge in [0.05, 0.1) is 11.8 Å². The van der Waals surface area contributed by atoms with E-state index in [0.29, 0.717) is 22.8 Å². The second kappa shape index (κ2) is 5.01. The predicted octanol–water partition coefficient (Wildman–Crippen LogP) is 3.11. The van der Waals surface area contributed by atoms with Gasteiger partial charge in [-0.2, -0.15) is 0 Å². The summed E-state index contributed by atoms with van der Waals surface area (Å²) in [4.78, 5) is 15.7. The van der Waals surface area contributed by atoms with Crippen molar-refractivity contribution in [1.82, 2.24) is 4.98 Å². The van der Waals surface area contributed by atoms with Gasteiger partial charge in [-0.1, -0.05) is 42.5 Å². The van der Waals surface area contributed by atoms with Gasteiger partial charge in [-0.25, -0.2) is 4.98 Å². The van der Waals surface area contributed by atoms with Crippen LogP contribution in [0.5, 0.6) is 0 Å². The minimum atomic E-state index is -0.500. The summed E-state index contributed by atoms with van der Waals surface area (Å²) in [5, 5.41) is 0. The number of carbonyl (C=O) groups excluding carboxylic acids is 1. The molecule has 0 atom stereocenters. The average molecular weight is 264 g/mol. The van der Waals surface area contributed by atoms with Gasteiger partial charge in [-0.3, -0.25) is 4.79 Å². The first-order chi connectivity index (χ1) is 9.75. The van der Waals surface area contributed by atoms with E-state index in [1.807, 2.05) is 36.4 Å². The summed E-state index contributed by atoms with van der Waals surface area (Å²) < 4.78 is 5.73. The fourth-order valence-electron chi connectivity index (χ4n) is 2.02. The molecule has 2 N–H and O–H groups in total. The first kappa shape index (κ1) is 12.2. The quantitative estimate of drug-likeness (QED) is 0.790. The predicted molar refractivity (Wildman–Crippen MR) is 75.9 cm³/mol. The van der Waals surface area contributed by atoms with Gasteiger partial charge in [0.1, 0.15) is 0 Å². The van der Waals surface area contributed by atoms with Gasteiger partial charge in [-0.15, -0.1) is 0 Å². The van der Waals surface area contributed by atoms with Crippen LogP contribution in [-0.4, -0.2) is 10.9 Å². The lowest BCUT2D eigenvalue weighted by Crippen LogP contribution is -2.12. The van der Waals surface area contributed by atoms with Crippen LogP contribution in [0.25, 0.3) is 22.8 Å². The molecule has 3 aromatic rings. The summed E-state index contributed by atoms with van der Waals surface area (Å²) in [6, 6.07) is 16.6. The monoisotopic (exact) mass is 264 g/mol. The Hall–Kier alpha value is -2.88. The summed E-state index contributed by atoms with van der Waals surface area (Å²) in [5.74, 6) is 0.540. The normalized spacial score (nSPS) is 10.4. The largest absolute Gasteiger partial charge is 0.436 e. The number of primary amides is 1. The molecule has 0 spiro atoms. The lowest BCUT2D eigenvalue weighted by molar-refractivity contribution is 0.100. The standard InChI is InChI=1S/C16H12N2O2/c17-15(19)12-8-4-5-9-13(12)16-18-10-14(20-16)11-6-2-1-3-7-11/h1-10H,(H2,17,19). The first-order valence-corrected chi connectivity index (χ1v) is 6.16. The Kier molecular flexibility index (Phi) is 3.05. The summed E-state index contributed by atoms with van der Waals surface area (Å²) in [6.45, 7) is 0. The number of hydrogen-bond acceptors (Lipinski definition) is 3. The van der Waals surface area contributed by atoms with Gasteiger partial charge in [0.15, 0.2) is 5.76 Å². The summed E-state index contributed by atoms with van der Waals surface area (Å²) in [6.07, 6.45) is 1.64. The Morgan fingerprint density at radius 3 is 2.45 bits per heavy atom. The van der Waals surface area contributed by atoms with Crippen LogP contribution in [0.1, 0.15) is 10.4 Å². The molecule has 4 heteroatoms. The molecule has 4 nitrogen and oxygen atoms in total. The van der Waals surface area contributed by atoms with Crippen molar-refractivity contribution < 1.29 is 9.21 Å². The molecule has 3 rings (SSSR count). The zero-order valence-corrected chi connectivity index (χ0v) is 10.6. The van der Waals surface area contributed by atoms with E-state index in [-0.39, 0.29) is 0 Å². The minimum absolute atomic E-state index is 0.387. The topological polar surface area (TPSA) is 69.1 Å². The molecule has 0 radical (unpaired) electrons. The number of amides is 1. The summed E-state index contributed by atoms with van der Waals surface area (Å²) in [5.41, 5.74) is 7.29. The molecule has 0 aliphatic rings. The Labute approximate surface area is 115 Å². The highest BCUT2D eigenvalue weighted by atomic mass is 16.4. The molecule has 1 aromatic heterocycles. The Balaban J connectivity index is 2.05. The lowest BCUT2D eigenvalue weighted by atomic mass is 10.1. The number of carbonyl (C=O) groups is 1. The van der Waals surface area contributed by atoms with Crippen LogP contribution < -0.4 is 5.73 Å². The van der Waals surface area contributed by atoms with E-state index in [0.717, 1.165) is 5.56 Å². The zero-order chi connectivity index (χ0) is 13.9. The molecular formula is C16H12N2O2. The molecule has 1 heterocycles. The molecule has 0 saturated heterocycles. The molecule has 1 amide bonds. The van der Waals surface area contributed by atoms with Crippen LogP contribution in [0, 0.1) is 0 Å². The lowest BCUT2D eigenvalue weighted by Gasteiger charge is -2.02. The number of hydrogen-bond donors (Lipinski definition) is 1. The van der Waals surface area contributed by atoms with Gasteiger partial charge in [0.2, 0.25) is 11.8 Å². The molecule has 0 bridgehead atoms. The van der Waals surface area contributed by atoms with Crippen LogP contribution in [-0.2, 0) is 0 Å². The smallest absolute Gasteiger partial charge is 0.249 e. The Bertz CT molecular complexity index is 748. The third kappa shape index (κ3) is 2.19. The van der Waals surface area contributed by atoms with Crippen LogP contribution in [0.3, 0.4) is 0 Å². The maximum absolute atomic E-state index is 11.4. The number of nitrogens with zero attached hydrogens (tertiary/aromatic N) is 1. The molecule has 20 heavy (non-hydrogen) atoms. The molecule has 98 valence electrons. The van der Waals surface area contributed by atoms with E-state index in [2.05, 4.69) is 4.98 Å². The second-order valence-corrected chi connectivity index (χ2v) is 4.31. The highest BCUT2D eigenvalue weighted by Crippen LogP contribution is 2.27. The van der Waals surface area contributed by atoms with E-state index in [1.54, 1.807) is 24.4 Å². The van der Waals surface area contributed by atoms with E-state index in [4.69, 9.17) is 10.2 Å². The number of aromatic nitrogens is 1. The van der Waals surface area contributed by atoms with Crippen molar-refractivity contribution in [2.24, 2.45) is 5.73 Å². The van der Waals surface area contributed by atoms with Crippen molar-refractivity contribution in [3.8, 4) is 22.8 Å². The van der Waals surface area contributed by atoms with Crippen molar-refractivity contribution >= 4 is 5.91 Å². The van der Waals surface area contributed by atoms with Crippen LogP contribution in [0.2, 0.25) is 0 Å². The van der Waals surface area contributed by atoms with Gasteiger partial charge in [-0.05, 0) is 12.1 Å². The zero-order valence-electron chi connectivity index (χ0n) is 10.6. The summed E-state index contributed by atoms with van der Waals surface area (Å²) in [7, 11) is 0. The van der Waals surface area contributed by atoms with E-state index >= 15 is 0 Å². The summed E-state index contributed by atoms with van der Waals surface area (Å²) >= 11 is 0. The highest BCUT2D eigenvalue weighted by Gasteiger charge is 2.14. The van der Waals surface area contributed by atoms with E-state index in [1.165, 1.54) is 0 Å². The van der Waals surface area contributed by atoms with Gasteiger partial charge >= 0.3 is 0 Å². The maximum atomic E-state index is 11.4. The first-order valence-electron chi connectivity index (χ1n) is 6.16. The Morgan fingerprint density at radius 1 is 1.00 bits per heavy atom. The minimum Gasteiger partial charge on any atom is -0.436 e. The van der Waals surface area contributed by atoms with Gasteiger partial charge < -0.3 is 10.2 Å². The molecule has 2 aromatic carbocycles. The van der Waals surface area contributed by atoms with Gasteiger partial charge in [0, 0.05) is 11.1 Å². The second-order valence-electron chi connectivity index (χ2n) is 4.31. The third-order valence-corrected chi connectivity index (χ3v) is 2.99. The molecule has 0 aliphatic carbocycles. The van der Waals surface area contributed by atoms with Crippen molar-refractivity contribution in [1.29, 1.82) is 0 Å². The molecule has 0 aliphatic heterocycles. The van der Waals surface area contributed by atoms with Crippen molar-refractivity contribution in [2.75, 3.05) is 0 Å². The number of benzene rings is 2. The fraction of sp³-hybridized carbons (Fsp3) is 0. The van der Waals surface area contributed by atoms with E-state index in [9.17, 15) is 4.79 Å². The highest BCUT2D eigenvalue weighted by molar-refractivity contribution is 5.98. The molecule has 0 saturated carbocycles. The molecular weight excluding hydrogens is 252 g/mol. The van der Waals surface area contributed by atoms with Crippen LogP contribution in [0.4, 0.5) is 0 Å². The van der Waals surface area contributed by atoms with Crippen LogP contribution >= 0.6 is 0 Å². The maximum Gasteiger partial charge on any atom is 0.249 e. The average Bonchev–Trinajstić information content (AvgIpc) is 2.98. The van der Waals surface area contributed by atoms with Crippen molar-refractivity contribution in [2.45, 2.75) is 0 Å². The van der Waals surface area contributed by atoms with Crippen LogP contribution in [0.15, 0.2) is 65.2 Å². The molecule has 0 fully saturated rings. The number of nitrogens with two attached hydrogens (primary N) is 1. The van der Waals surface area contributed by atoms with Crippen molar-refractivity contribution in [3.63, 3.8) is 0 Å². The fourth-order valence-corrected chi connectivity index (χ4v) is 2.02. The number of oxazole rings is 1. The van der Waals surface area contributed by atoms with E-state index < -0.39 is 5.91 Å². The van der Waals surface area contributed by atoms with Crippen molar-refractivity contribution in [3.05, 3.63) is 66.4 Å². The van der Waals surface area contributed by atoms with Gasteiger partial charge in [0.25, 0.3) is 0 Å². The SMILES string of the molecule is NC(=O)c1ccccc1-c1ncc(-c2ccccc2)o1. The third-order valence-electron chi connectivity index (χ3n) is 2.99. The molecule has 0 unspecified atom stereocenters. The number of rotatable bonds is 3.